The predicted molar refractivity (Wildman–Crippen MR) is 88.1 cm³/mol. The molecule has 0 radical (unpaired) electrons. The highest BCUT2D eigenvalue weighted by Gasteiger charge is 2.08. The maximum atomic E-state index is 5.76. The lowest BCUT2D eigenvalue weighted by atomic mass is 9.90. The molecule has 0 spiro atoms. The van der Waals surface area contributed by atoms with Gasteiger partial charge in [-0.3, -0.25) is 4.99 Å². The second-order valence-corrected chi connectivity index (χ2v) is 5.74. The van der Waals surface area contributed by atoms with Crippen molar-refractivity contribution in [3.05, 3.63) is 0 Å². The SMILES string of the molecule is CCC(C)NC(N)=NCCCCC(C)(C)C.I. The summed E-state index contributed by atoms with van der Waals surface area (Å²) >= 11 is 0. The van der Waals surface area contributed by atoms with Gasteiger partial charge in [-0.25, -0.2) is 0 Å². The number of nitrogens with one attached hydrogen (secondary N) is 1. The number of rotatable bonds is 6. The quantitative estimate of drug-likeness (QED) is 0.332. The topological polar surface area (TPSA) is 50.4 Å². The van der Waals surface area contributed by atoms with Crippen LogP contribution in [0, 0.1) is 5.41 Å². The highest BCUT2D eigenvalue weighted by molar-refractivity contribution is 14.0. The lowest BCUT2D eigenvalue weighted by molar-refractivity contribution is 0.361. The Morgan fingerprint density at radius 2 is 1.88 bits per heavy atom. The van der Waals surface area contributed by atoms with E-state index in [9.17, 15) is 0 Å². The number of guanidine groups is 1. The molecule has 0 amide bonds. The monoisotopic (exact) mass is 355 g/mol. The highest BCUT2D eigenvalue weighted by atomic mass is 127. The standard InChI is InChI=1S/C13H29N3.HI/c1-6-11(2)16-12(14)15-10-8-7-9-13(3,4)5;/h11H,6-10H2,1-5H3,(H3,14,15,16);1H. The van der Waals surface area contributed by atoms with Gasteiger partial charge < -0.3 is 11.1 Å². The largest absolute Gasteiger partial charge is 0.370 e. The summed E-state index contributed by atoms with van der Waals surface area (Å²) in [5.41, 5.74) is 6.19. The van der Waals surface area contributed by atoms with Crippen LogP contribution in [0.3, 0.4) is 0 Å². The van der Waals surface area contributed by atoms with Crippen LogP contribution in [0.1, 0.15) is 60.3 Å². The van der Waals surface area contributed by atoms with Gasteiger partial charge in [0.2, 0.25) is 0 Å². The summed E-state index contributed by atoms with van der Waals surface area (Å²) in [6.07, 6.45) is 4.67. The second-order valence-electron chi connectivity index (χ2n) is 5.74. The molecular weight excluding hydrogens is 325 g/mol. The average molecular weight is 355 g/mol. The zero-order valence-electron chi connectivity index (χ0n) is 12.0. The third-order valence-electron chi connectivity index (χ3n) is 2.62. The summed E-state index contributed by atoms with van der Waals surface area (Å²) < 4.78 is 0. The summed E-state index contributed by atoms with van der Waals surface area (Å²) in [4.78, 5) is 4.31. The van der Waals surface area contributed by atoms with Gasteiger partial charge >= 0.3 is 0 Å². The molecule has 3 nitrogen and oxygen atoms in total. The minimum atomic E-state index is 0. The zero-order chi connectivity index (χ0) is 12.6. The molecule has 1 unspecified atom stereocenters. The molecule has 0 aromatic carbocycles. The van der Waals surface area contributed by atoms with Gasteiger partial charge in [-0.2, -0.15) is 0 Å². The Balaban J connectivity index is 0. The Morgan fingerprint density at radius 3 is 2.35 bits per heavy atom. The summed E-state index contributed by atoms with van der Waals surface area (Å²) in [5.74, 6) is 0.588. The number of nitrogens with zero attached hydrogens (tertiary/aromatic N) is 1. The molecular formula is C13H30IN3. The van der Waals surface area contributed by atoms with Crippen molar-refractivity contribution < 1.29 is 0 Å². The minimum Gasteiger partial charge on any atom is -0.370 e. The van der Waals surface area contributed by atoms with Crippen LogP contribution in [0.15, 0.2) is 4.99 Å². The van der Waals surface area contributed by atoms with E-state index in [4.69, 9.17) is 5.73 Å². The van der Waals surface area contributed by atoms with E-state index in [-0.39, 0.29) is 24.0 Å². The molecule has 0 aliphatic rings. The van der Waals surface area contributed by atoms with Crippen molar-refractivity contribution in [1.29, 1.82) is 0 Å². The van der Waals surface area contributed by atoms with Gasteiger partial charge in [-0.15, -0.1) is 24.0 Å². The maximum Gasteiger partial charge on any atom is 0.188 e. The second kappa shape index (κ2) is 9.97. The molecule has 0 aliphatic carbocycles. The van der Waals surface area contributed by atoms with Crippen molar-refractivity contribution >= 4 is 29.9 Å². The molecule has 4 heteroatoms. The first-order valence-electron chi connectivity index (χ1n) is 6.41. The minimum absolute atomic E-state index is 0. The summed E-state index contributed by atoms with van der Waals surface area (Å²) in [7, 11) is 0. The first-order chi connectivity index (χ1) is 7.35. The molecule has 0 bridgehead atoms. The van der Waals surface area contributed by atoms with Gasteiger partial charge in [-0.05, 0) is 31.6 Å². The Labute approximate surface area is 124 Å². The fourth-order valence-electron chi connectivity index (χ4n) is 1.37. The van der Waals surface area contributed by atoms with E-state index in [1.54, 1.807) is 0 Å². The Bertz CT molecular complexity index is 209. The van der Waals surface area contributed by atoms with E-state index in [0.717, 1.165) is 19.4 Å². The molecule has 0 aromatic rings. The number of unbranched alkanes of at least 4 members (excludes halogenated alkanes) is 1. The van der Waals surface area contributed by atoms with Crippen molar-refractivity contribution in [1.82, 2.24) is 5.32 Å². The molecule has 0 aromatic heterocycles. The number of halogens is 1. The molecule has 0 saturated heterocycles. The van der Waals surface area contributed by atoms with E-state index in [1.165, 1.54) is 12.8 Å². The van der Waals surface area contributed by atoms with Crippen LogP contribution in [0.25, 0.3) is 0 Å². The van der Waals surface area contributed by atoms with Crippen molar-refractivity contribution in [2.75, 3.05) is 6.54 Å². The van der Waals surface area contributed by atoms with Crippen LogP contribution in [0.5, 0.6) is 0 Å². The third-order valence-corrected chi connectivity index (χ3v) is 2.62. The molecule has 0 aliphatic heterocycles. The van der Waals surface area contributed by atoms with E-state index >= 15 is 0 Å². The van der Waals surface area contributed by atoms with E-state index in [1.807, 2.05) is 0 Å². The van der Waals surface area contributed by atoms with Crippen molar-refractivity contribution in [3.8, 4) is 0 Å². The first kappa shape index (κ1) is 19.3. The van der Waals surface area contributed by atoms with Gasteiger partial charge in [-0.1, -0.05) is 34.1 Å². The third kappa shape index (κ3) is 13.9. The normalized spacial score (nSPS) is 14.1. The fourth-order valence-corrected chi connectivity index (χ4v) is 1.37. The maximum absolute atomic E-state index is 5.76. The summed E-state index contributed by atoms with van der Waals surface area (Å²) in [5, 5.41) is 3.16. The molecule has 0 rings (SSSR count). The Morgan fingerprint density at radius 1 is 1.29 bits per heavy atom. The molecule has 1 atom stereocenters. The van der Waals surface area contributed by atoms with E-state index in [0.29, 0.717) is 17.4 Å². The summed E-state index contributed by atoms with van der Waals surface area (Å²) in [6.45, 7) is 11.9. The molecule has 3 N–H and O–H groups in total. The lowest BCUT2D eigenvalue weighted by Crippen LogP contribution is -2.38. The number of hydrogen-bond acceptors (Lipinski definition) is 1. The van der Waals surface area contributed by atoms with Crippen molar-refractivity contribution in [2.24, 2.45) is 16.1 Å². The van der Waals surface area contributed by atoms with E-state index < -0.39 is 0 Å². The van der Waals surface area contributed by atoms with Crippen LogP contribution < -0.4 is 11.1 Å². The van der Waals surface area contributed by atoms with Crippen LogP contribution in [-0.2, 0) is 0 Å². The molecule has 0 saturated carbocycles. The number of hydrogen-bond donors (Lipinski definition) is 2. The Kier molecular flexibility index (Phi) is 11.3. The average Bonchev–Trinajstić information content (AvgIpc) is 2.15. The van der Waals surface area contributed by atoms with Gasteiger partial charge in [0.05, 0.1) is 0 Å². The van der Waals surface area contributed by atoms with Gasteiger partial charge in [0.25, 0.3) is 0 Å². The molecule has 17 heavy (non-hydrogen) atoms. The first-order valence-corrected chi connectivity index (χ1v) is 6.41. The Hall–Kier alpha value is 0. The molecule has 104 valence electrons. The van der Waals surface area contributed by atoms with E-state index in [2.05, 4.69) is 44.9 Å². The summed E-state index contributed by atoms with van der Waals surface area (Å²) in [6, 6.07) is 0.415. The predicted octanol–water partition coefficient (Wildman–Crippen LogP) is 3.52. The van der Waals surface area contributed by atoms with Crippen molar-refractivity contribution in [3.63, 3.8) is 0 Å². The van der Waals surface area contributed by atoms with Crippen molar-refractivity contribution in [2.45, 2.75) is 66.3 Å². The molecule has 0 heterocycles. The van der Waals surface area contributed by atoms with Gasteiger partial charge in [0.15, 0.2) is 5.96 Å². The lowest BCUT2D eigenvalue weighted by Gasteiger charge is -2.17. The molecule has 0 fully saturated rings. The van der Waals surface area contributed by atoms with Crippen LogP contribution in [0.2, 0.25) is 0 Å². The van der Waals surface area contributed by atoms with Crippen LogP contribution in [0.4, 0.5) is 0 Å². The van der Waals surface area contributed by atoms with Crippen LogP contribution in [-0.4, -0.2) is 18.5 Å². The van der Waals surface area contributed by atoms with Gasteiger partial charge in [0, 0.05) is 12.6 Å². The smallest absolute Gasteiger partial charge is 0.188 e. The fraction of sp³-hybridized carbons (Fsp3) is 0.923. The van der Waals surface area contributed by atoms with Gasteiger partial charge in [0.1, 0.15) is 0 Å². The number of aliphatic imine (C=N–C) groups is 1. The highest BCUT2D eigenvalue weighted by Crippen LogP contribution is 2.21. The van der Waals surface area contributed by atoms with Crippen LogP contribution >= 0.6 is 24.0 Å². The zero-order valence-corrected chi connectivity index (χ0v) is 14.4. The number of nitrogens with two attached hydrogens (primary N) is 1.